The average Bonchev–Trinajstić information content (AvgIpc) is 2.27. The van der Waals surface area contributed by atoms with E-state index in [4.69, 9.17) is 5.26 Å². The van der Waals surface area contributed by atoms with Crippen molar-refractivity contribution in [1.29, 1.82) is 5.26 Å². The lowest BCUT2D eigenvalue weighted by Gasteiger charge is -1.98. The summed E-state index contributed by atoms with van der Waals surface area (Å²) in [5.41, 5.74) is 0.617. The highest BCUT2D eigenvalue weighted by Crippen LogP contribution is 2.13. The summed E-state index contributed by atoms with van der Waals surface area (Å²) in [6.07, 6.45) is 1.06. The number of carbonyl (C=O) groups is 1. The molecule has 15 heavy (non-hydrogen) atoms. The van der Waals surface area contributed by atoms with Gasteiger partial charge in [0.25, 0.3) is 0 Å². The molecule has 0 aliphatic rings. The second-order valence-corrected chi connectivity index (χ2v) is 2.70. The predicted octanol–water partition coefficient (Wildman–Crippen LogP) is 1.91. The monoisotopic (exact) mass is 205 g/mol. The summed E-state index contributed by atoms with van der Waals surface area (Å²) in [5, 5.41) is 8.77. The van der Waals surface area contributed by atoms with Gasteiger partial charge in [0.05, 0.1) is 12.7 Å². The van der Waals surface area contributed by atoms with E-state index in [-0.39, 0.29) is 5.57 Å². The average molecular weight is 205 g/mol. The Morgan fingerprint density at radius 3 is 2.53 bits per heavy atom. The van der Waals surface area contributed by atoms with E-state index in [2.05, 4.69) is 4.74 Å². The Morgan fingerprint density at radius 1 is 1.47 bits per heavy atom. The molecular weight excluding hydrogens is 197 g/mol. The largest absolute Gasteiger partial charge is 0.466 e. The zero-order chi connectivity index (χ0) is 11.3. The van der Waals surface area contributed by atoms with Crippen molar-refractivity contribution in [3.05, 3.63) is 41.7 Å². The SMILES string of the molecule is COC(=O)C=C(C#N)c1ccc(F)cc1. The quantitative estimate of drug-likeness (QED) is 0.421. The Bertz CT molecular complexity index is 429. The summed E-state index contributed by atoms with van der Waals surface area (Å²) < 4.78 is 17.0. The topological polar surface area (TPSA) is 50.1 Å². The molecule has 3 nitrogen and oxygen atoms in total. The molecule has 0 amide bonds. The Hall–Kier alpha value is -2.15. The third-order valence-electron chi connectivity index (χ3n) is 1.74. The first kappa shape index (κ1) is 10.9. The third kappa shape index (κ3) is 2.92. The van der Waals surface area contributed by atoms with Crippen molar-refractivity contribution in [2.75, 3.05) is 7.11 Å². The van der Waals surface area contributed by atoms with Crippen LogP contribution in [0.4, 0.5) is 4.39 Å². The van der Waals surface area contributed by atoms with E-state index in [1.54, 1.807) is 0 Å². The highest BCUT2D eigenvalue weighted by Gasteiger charge is 2.04. The summed E-state index contributed by atoms with van der Waals surface area (Å²) in [6.45, 7) is 0. The first-order chi connectivity index (χ1) is 7.17. The van der Waals surface area contributed by atoms with E-state index >= 15 is 0 Å². The second kappa shape index (κ2) is 4.91. The minimum atomic E-state index is -0.615. The number of hydrogen-bond acceptors (Lipinski definition) is 3. The van der Waals surface area contributed by atoms with Crippen molar-refractivity contribution < 1.29 is 13.9 Å². The first-order valence-electron chi connectivity index (χ1n) is 4.13. The number of carbonyl (C=O) groups excluding carboxylic acids is 1. The molecule has 76 valence electrons. The predicted molar refractivity (Wildman–Crippen MR) is 52.0 cm³/mol. The van der Waals surface area contributed by atoms with Crippen LogP contribution in [0.3, 0.4) is 0 Å². The van der Waals surface area contributed by atoms with Crippen molar-refractivity contribution in [1.82, 2.24) is 0 Å². The Morgan fingerprint density at radius 2 is 2.07 bits per heavy atom. The van der Waals surface area contributed by atoms with Gasteiger partial charge in [-0.05, 0) is 17.7 Å². The lowest BCUT2D eigenvalue weighted by atomic mass is 10.1. The van der Waals surface area contributed by atoms with Gasteiger partial charge in [0.2, 0.25) is 0 Å². The van der Waals surface area contributed by atoms with E-state index in [0.717, 1.165) is 6.08 Å². The molecule has 0 radical (unpaired) electrons. The van der Waals surface area contributed by atoms with E-state index in [1.807, 2.05) is 6.07 Å². The third-order valence-corrected chi connectivity index (χ3v) is 1.74. The molecule has 0 saturated heterocycles. The van der Waals surface area contributed by atoms with Gasteiger partial charge in [0, 0.05) is 6.08 Å². The minimum Gasteiger partial charge on any atom is -0.466 e. The van der Waals surface area contributed by atoms with Crippen molar-refractivity contribution >= 4 is 11.5 Å². The van der Waals surface area contributed by atoms with Gasteiger partial charge in [-0.1, -0.05) is 12.1 Å². The fourth-order valence-corrected chi connectivity index (χ4v) is 0.986. The van der Waals surface area contributed by atoms with Gasteiger partial charge in [-0.15, -0.1) is 0 Å². The highest BCUT2D eigenvalue weighted by atomic mass is 19.1. The molecule has 1 rings (SSSR count). The Labute approximate surface area is 86.4 Å². The first-order valence-corrected chi connectivity index (χ1v) is 4.13. The van der Waals surface area contributed by atoms with Crippen molar-refractivity contribution in [3.8, 4) is 6.07 Å². The highest BCUT2D eigenvalue weighted by molar-refractivity contribution is 5.95. The van der Waals surface area contributed by atoms with E-state index in [1.165, 1.54) is 31.4 Å². The van der Waals surface area contributed by atoms with Gasteiger partial charge in [-0.3, -0.25) is 0 Å². The number of nitriles is 1. The minimum absolute atomic E-state index is 0.141. The van der Waals surface area contributed by atoms with E-state index in [9.17, 15) is 9.18 Å². The number of hydrogen-bond donors (Lipinski definition) is 0. The van der Waals surface area contributed by atoms with Gasteiger partial charge in [-0.2, -0.15) is 5.26 Å². The zero-order valence-electron chi connectivity index (χ0n) is 8.03. The van der Waals surface area contributed by atoms with E-state index < -0.39 is 11.8 Å². The molecule has 0 aliphatic carbocycles. The van der Waals surface area contributed by atoms with Crippen LogP contribution < -0.4 is 0 Å². The number of halogens is 1. The molecule has 0 aliphatic heterocycles. The van der Waals surface area contributed by atoms with Crippen LogP contribution in [0.15, 0.2) is 30.3 Å². The molecule has 0 fully saturated rings. The van der Waals surface area contributed by atoms with Crippen LogP contribution in [0.25, 0.3) is 5.57 Å². The number of rotatable bonds is 2. The number of nitrogens with zero attached hydrogens (tertiary/aromatic N) is 1. The molecule has 0 saturated carbocycles. The van der Waals surface area contributed by atoms with Crippen LogP contribution in [0, 0.1) is 17.1 Å². The maximum absolute atomic E-state index is 12.6. The molecule has 0 unspecified atom stereocenters. The van der Waals surface area contributed by atoms with Crippen molar-refractivity contribution in [2.45, 2.75) is 0 Å². The van der Waals surface area contributed by atoms with Crippen LogP contribution in [0.5, 0.6) is 0 Å². The van der Waals surface area contributed by atoms with Crippen LogP contribution in [0.1, 0.15) is 5.56 Å². The van der Waals surface area contributed by atoms with Crippen LogP contribution in [0.2, 0.25) is 0 Å². The van der Waals surface area contributed by atoms with E-state index in [0.29, 0.717) is 5.56 Å². The normalized spacial score (nSPS) is 10.6. The molecule has 1 aromatic rings. The molecule has 0 spiro atoms. The Kier molecular flexibility index (Phi) is 3.58. The molecular formula is C11H8FNO2. The second-order valence-electron chi connectivity index (χ2n) is 2.70. The fraction of sp³-hybridized carbons (Fsp3) is 0.0909. The van der Waals surface area contributed by atoms with Crippen LogP contribution in [-0.4, -0.2) is 13.1 Å². The molecule has 0 atom stereocenters. The molecule has 0 N–H and O–H groups in total. The smallest absolute Gasteiger partial charge is 0.331 e. The maximum atomic E-state index is 12.6. The maximum Gasteiger partial charge on any atom is 0.331 e. The summed E-state index contributed by atoms with van der Waals surface area (Å²) >= 11 is 0. The lowest BCUT2D eigenvalue weighted by molar-refractivity contribution is -0.134. The fourth-order valence-electron chi connectivity index (χ4n) is 0.986. The number of esters is 1. The lowest BCUT2D eigenvalue weighted by Crippen LogP contribution is -1.96. The number of benzene rings is 1. The number of allylic oxidation sites excluding steroid dienone is 1. The van der Waals surface area contributed by atoms with Gasteiger partial charge < -0.3 is 4.74 Å². The summed E-state index contributed by atoms with van der Waals surface area (Å²) in [4.78, 5) is 10.9. The molecule has 1 aromatic carbocycles. The van der Waals surface area contributed by atoms with Crippen molar-refractivity contribution in [2.24, 2.45) is 0 Å². The van der Waals surface area contributed by atoms with Gasteiger partial charge in [0.15, 0.2) is 0 Å². The van der Waals surface area contributed by atoms with Crippen LogP contribution in [-0.2, 0) is 9.53 Å². The molecule has 0 bridgehead atoms. The summed E-state index contributed by atoms with van der Waals surface area (Å²) in [5.74, 6) is -1.01. The van der Waals surface area contributed by atoms with Gasteiger partial charge >= 0.3 is 5.97 Å². The molecule has 0 aromatic heterocycles. The number of methoxy groups -OCH3 is 1. The molecule has 0 heterocycles. The molecule has 4 heteroatoms. The Balaban J connectivity index is 3.04. The van der Waals surface area contributed by atoms with Gasteiger partial charge in [0.1, 0.15) is 11.9 Å². The standard InChI is InChI=1S/C11H8FNO2/c1-15-11(14)6-9(7-13)8-2-4-10(12)5-3-8/h2-6H,1H3. The van der Waals surface area contributed by atoms with Crippen molar-refractivity contribution in [3.63, 3.8) is 0 Å². The number of ether oxygens (including phenoxy) is 1. The van der Waals surface area contributed by atoms with Crippen LogP contribution >= 0.6 is 0 Å². The summed E-state index contributed by atoms with van der Waals surface area (Å²) in [7, 11) is 1.22. The zero-order valence-corrected chi connectivity index (χ0v) is 8.03. The van der Waals surface area contributed by atoms with Gasteiger partial charge in [-0.25, -0.2) is 9.18 Å². The summed E-state index contributed by atoms with van der Waals surface area (Å²) in [6, 6.07) is 7.13.